The number of aromatic nitrogens is 2. The molecule has 142 valence electrons. The third kappa shape index (κ3) is 4.82. The second kappa shape index (κ2) is 9.37. The van der Waals surface area contributed by atoms with Gasteiger partial charge in [0.25, 0.3) is 0 Å². The molecule has 0 aromatic carbocycles. The van der Waals surface area contributed by atoms with Gasteiger partial charge in [0.2, 0.25) is 5.28 Å². The number of thiophene rings is 2. The van der Waals surface area contributed by atoms with Gasteiger partial charge in [0.05, 0.1) is 15.7 Å². The Hall–Kier alpha value is -0.150. The third-order valence-electron chi connectivity index (χ3n) is 4.18. The molecule has 0 bridgehead atoms. The molecule has 3 aromatic rings. The van der Waals surface area contributed by atoms with Crippen LogP contribution in [0.25, 0.3) is 10.2 Å². The van der Waals surface area contributed by atoms with Gasteiger partial charge in [-0.2, -0.15) is 4.98 Å². The van der Waals surface area contributed by atoms with E-state index in [0.717, 1.165) is 33.5 Å². The average Bonchev–Trinajstić information content (AvgIpc) is 3.21. The Morgan fingerprint density at radius 2 is 2.12 bits per heavy atom. The summed E-state index contributed by atoms with van der Waals surface area (Å²) in [6.07, 6.45) is 3.38. The lowest BCUT2D eigenvalue weighted by Gasteiger charge is -2.08. The first-order valence-electron chi connectivity index (χ1n) is 7.78. The molecule has 26 heavy (non-hydrogen) atoms. The second-order valence-corrected chi connectivity index (χ2v) is 9.26. The molecule has 4 rings (SSSR count). The van der Waals surface area contributed by atoms with E-state index in [0.29, 0.717) is 5.92 Å². The number of rotatable bonds is 6. The van der Waals surface area contributed by atoms with Crippen molar-refractivity contribution in [1.82, 2.24) is 9.97 Å². The Bertz CT molecular complexity index is 868. The molecule has 0 aliphatic heterocycles. The van der Waals surface area contributed by atoms with Gasteiger partial charge in [-0.15, -0.1) is 47.5 Å². The van der Waals surface area contributed by atoms with E-state index in [-0.39, 0.29) is 36.1 Å². The van der Waals surface area contributed by atoms with Gasteiger partial charge in [-0.05, 0) is 64.2 Å². The number of nitrogens with zero attached hydrogens (tertiary/aromatic N) is 2. The first kappa shape index (κ1) is 22.1. The Kier molecular flexibility index (Phi) is 7.98. The highest BCUT2D eigenvalue weighted by Crippen LogP contribution is 2.41. The number of fused-ring (bicyclic) bond motifs is 1. The van der Waals surface area contributed by atoms with Crippen LogP contribution in [0.1, 0.15) is 22.6 Å². The van der Waals surface area contributed by atoms with Gasteiger partial charge in [-0.3, -0.25) is 0 Å². The van der Waals surface area contributed by atoms with Crippen LogP contribution in [0, 0.1) is 5.92 Å². The molecular weight excluding hydrogens is 499 g/mol. The van der Waals surface area contributed by atoms with Gasteiger partial charge < -0.3 is 11.1 Å². The van der Waals surface area contributed by atoms with E-state index < -0.39 is 0 Å². The first-order valence-corrected chi connectivity index (χ1v) is 10.6. The van der Waals surface area contributed by atoms with Gasteiger partial charge in [0, 0.05) is 15.8 Å². The molecule has 1 atom stereocenters. The maximum absolute atomic E-state index is 6.30. The monoisotopic (exact) mass is 514 g/mol. The van der Waals surface area contributed by atoms with Crippen molar-refractivity contribution in [1.29, 1.82) is 0 Å². The van der Waals surface area contributed by atoms with Crippen LogP contribution in [0.15, 0.2) is 22.0 Å². The summed E-state index contributed by atoms with van der Waals surface area (Å²) in [5, 5.41) is 5.72. The number of nitrogens with two attached hydrogens (primary N) is 1. The van der Waals surface area contributed by atoms with Crippen molar-refractivity contribution in [3.63, 3.8) is 0 Å². The molecule has 1 aliphatic carbocycles. The fraction of sp³-hybridized carbons (Fsp3) is 0.375. The third-order valence-corrected chi connectivity index (χ3v) is 7.55. The van der Waals surface area contributed by atoms with Crippen LogP contribution in [0.3, 0.4) is 0 Å². The summed E-state index contributed by atoms with van der Waals surface area (Å²) < 4.78 is 2.03. The summed E-state index contributed by atoms with van der Waals surface area (Å²) in [6, 6.07) is 4.37. The Balaban J connectivity index is 0.00000121. The summed E-state index contributed by atoms with van der Waals surface area (Å²) in [4.78, 5) is 11.3. The lowest BCUT2D eigenvalue weighted by Crippen LogP contribution is -2.24. The standard InChI is InChI=1S/C16H16BrClN4S2.2ClH/c17-12-11(6-10(19)8-3-4-8)24-14-13(12)21-16(18)22-15(14)20-7-9-2-1-5-23-9;;/h1-2,5,8,10H,3-4,6-7,19H2,(H,20,21,22);2*1H/t10-;;/m1../s1. The van der Waals surface area contributed by atoms with E-state index in [2.05, 4.69) is 42.7 Å². The first-order chi connectivity index (χ1) is 11.6. The largest absolute Gasteiger partial charge is 0.364 e. The van der Waals surface area contributed by atoms with Gasteiger partial charge in [-0.25, -0.2) is 4.98 Å². The molecule has 3 aromatic heterocycles. The van der Waals surface area contributed by atoms with E-state index in [9.17, 15) is 0 Å². The van der Waals surface area contributed by atoms with E-state index in [1.807, 2.05) is 6.07 Å². The van der Waals surface area contributed by atoms with Crippen molar-refractivity contribution in [3.8, 4) is 0 Å². The SMILES string of the molecule is Cl.Cl.N[C@H](Cc1sc2c(NCc3cccs3)nc(Cl)nc2c1Br)C1CC1. The van der Waals surface area contributed by atoms with Crippen LogP contribution in [-0.2, 0) is 13.0 Å². The molecule has 1 aliphatic rings. The number of halogens is 4. The predicted octanol–water partition coefficient (Wildman–Crippen LogP) is 5.90. The van der Waals surface area contributed by atoms with Crippen molar-refractivity contribution in [2.45, 2.75) is 31.8 Å². The van der Waals surface area contributed by atoms with Crippen molar-refractivity contribution >= 4 is 91.1 Å². The van der Waals surface area contributed by atoms with E-state index in [1.54, 1.807) is 22.7 Å². The van der Waals surface area contributed by atoms with Crippen LogP contribution in [-0.4, -0.2) is 16.0 Å². The number of hydrogen-bond donors (Lipinski definition) is 2. The molecule has 0 spiro atoms. The predicted molar refractivity (Wildman–Crippen MR) is 121 cm³/mol. The summed E-state index contributed by atoms with van der Waals surface area (Å²) in [7, 11) is 0. The minimum Gasteiger partial charge on any atom is -0.364 e. The molecule has 1 fully saturated rings. The van der Waals surface area contributed by atoms with Gasteiger partial charge in [0.15, 0.2) is 0 Å². The molecule has 1 saturated carbocycles. The lowest BCUT2D eigenvalue weighted by atomic mass is 10.1. The minimum atomic E-state index is 0. The van der Waals surface area contributed by atoms with Crippen molar-refractivity contribution in [2.24, 2.45) is 11.7 Å². The van der Waals surface area contributed by atoms with Crippen LogP contribution in [0.4, 0.5) is 5.82 Å². The Labute approximate surface area is 185 Å². The van der Waals surface area contributed by atoms with E-state index in [4.69, 9.17) is 17.3 Å². The van der Waals surface area contributed by atoms with Crippen LogP contribution in [0.2, 0.25) is 5.28 Å². The highest BCUT2D eigenvalue weighted by molar-refractivity contribution is 9.10. The zero-order valence-electron chi connectivity index (χ0n) is 13.6. The van der Waals surface area contributed by atoms with Crippen molar-refractivity contribution in [3.05, 3.63) is 37.0 Å². The van der Waals surface area contributed by atoms with Crippen LogP contribution < -0.4 is 11.1 Å². The molecule has 3 N–H and O–H groups in total. The Morgan fingerprint density at radius 3 is 2.77 bits per heavy atom. The van der Waals surface area contributed by atoms with Gasteiger partial charge in [-0.1, -0.05) is 6.07 Å². The maximum Gasteiger partial charge on any atom is 0.225 e. The smallest absolute Gasteiger partial charge is 0.225 e. The zero-order chi connectivity index (χ0) is 16.7. The summed E-state index contributed by atoms with van der Waals surface area (Å²) in [6.45, 7) is 0.729. The molecule has 0 unspecified atom stereocenters. The van der Waals surface area contributed by atoms with E-state index >= 15 is 0 Å². The molecular formula is C16H18BrCl3N4S2. The van der Waals surface area contributed by atoms with Crippen LogP contribution >= 0.6 is 75.0 Å². The molecule has 0 amide bonds. The summed E-state index contributed by atoms with van der Waals surface area (Å²) in [5.41, 5.74) is 7.17. The highest BCUT2D eigenvalue weighted by atomic mass is 79.9. The molecule has 3 heterocycles. The summed E-state index contributed by atoms with van der Waals surface area (Å²) in [5.74, 6) is 1.46. The number of nitrogens with one attached hydrogen (secondary N) is 1. The van der Waals surface area contributed by atoms with Crippen molar-refractivity contribution < 1.29 is 0 Å². The highest BCUT2D eigenvalue weighted by Gasteiger charge is 2.30. The number of anilines is 1. The number of hydrogen-bond acceptors (Lipinski definition) is 6. The van der Waals surface area contributed by atoms with Crippen molar-refractivity contribution in [2.75, 3.05) is 5.32 Å². The second-order valence-electron chi connectivity index (χ2n) is 6.00. The molecule has 4 nitrogen and oxygen atoms in total. The molecule has 10 heteroatoms. The normalized spacial score (nSPS) is 14.6. The van der Waals surface area contributed by atoms with Gasteiger partial charge >= 0.3 is 0 Å². The fourth-order valence-corrected chi connectivity index (χ4v) is 5.51. The van der Waals surface area contributed by atoms with E-state index in [1.165, 1.54) is 22.6 Å². The zero-order valence-corrected chi connectivity index (χ0v) is 19.2. The lowest BCUT2D eigenvalue weighted by molar-refractivity contribution is 0.595. The molecule has 0 radical (unpaired) electrons. The minimum absolute atomic E-state index is 0. The molecule has 0 saturated heterocycles. The fourth-order valence-electron chi connectivity index (χ4n) is 2.71. The summed E-state index contributed by atoms with van der Waals surface area (Å²) >= 11 is 13.2. The topological polar surface area (TPSA) is 63.8 Å². The maximum atomic E-state index is 6.30. The quantitative estimate of drug-likeness (QED) is 0.400. The average molecular weight is 517 g/mol. The van der Waals surface area contributed by atoms with Gasteiger partial charge in [0.1, 0.15) is 11.3 Å². The van der Waals surface area contributed by atoms with Crippen LogP contribution in [0.5, 0.6) is 0 Å². The Morgan fingerprint density at radius 1 is 1.35 bits per heavy atom.